The predicted molar refractivity (Wildman–Crippen MR) is 106 cm³/mol. The van der Waals surface area contributed by atoms with Crippen molar-refractivity contribution in [2.75, 3.05) is 0 Å². The van der Waals surface area contributed by atoms with Crippen LogP contribution in [0.2, 0.25) is 0 Å². The average molecular weight is 325 g/mol. The van der Waals surface area contributed by atoms with Gasteiger partial charge in [-0.3, -0.25) is 0 Å². The van der Waals surface area contributed by atoms with Crippen molar-refractivity contribution < 1.29 is 0 Å². The van der Waals surface area contributed by atoms with Crippen LogP contribution in [0.5, 0.6) is 0 Å². The van der Waals surface area contributed by atoms with Gasteiger partial charge in [-0.05, 0) is 31.0 Å². The summed E-state index contributed by atoms with van der Waals surface area (Å²) < 4.78 is 0. The van der Waals surface area contributed by atoms with E-state index in [4.69, 9.17) is 10.5 Å². The summed E-state index contributed by atoms with van der Waals surface area (Å²) in [6, 6.07) is 19.6. The number of benzene rings is 2. The lowest BCUT2D eigenvalue weighted by Crippen LogP contribution is -1.91. The number of hydrogen-bond acceptors (Lipinski definition) is 2. The molecule has 0 saturated heterocycles. The van der Waals surface area contributed by atoms with Gasteiger partial charge >= 0.3 is 0 Å². The summed E-state index contributed by atoms with van der Waals surface area (Å²) in [5.41, 5.74) is 3.39. The molecule has 2 aromatic rings. The fourth-order valence-corrected chi connectivity index (χ4v) is 1.71. The van der Waals surface area contributed by atoms with E-state index in [0.717, 1.165) is 12.0 Å². The number of nitrogens with zero attached hydrogens (tertiary/aromatic N) is 2. The molecule has 0 amide bonds. The Morgan fingerprint density at radius 2 is 1.17 bits per heavy atom. The maximum absolute atomic E-state index is 8.71. The molecule has 24 heavy (non-hydrogen) atoms. The van der Waals surface area contributed by atoms with Gasteiger partial charge in [0.05, 0.1) is 23.3 Å². The molecular formula is C22H32N2. The zero-order valence-electron chi connectivity index (χ0n) is 13.9. The van der Waals surface area contributed by atoms with Gasteiger partial charge < -0.3 is 0 Å². The Balaban J connectivity index is -0.000000316. The second kappa shape index (κ2) is 16.8. The third kappa shape index (κ3) is 10.2. The number of nitriles is 2. The van der Waals surface area contributed by atoms with Crippen molar-refractivity contribution in [2.24, 2.45) is 0 Å². The summed E-state index contributed by atoms with van der Waals surface area (Å²) in [4.78, 5) is 0. The number of aryl methyl sites for hydroxylation is 1. The van der Waals surface area contributed by atoms with Gasteiger partial charge in [0.15, 0.2) is 0 Å². The first-order valence-electron chi connectivity index (χ1n) is 7.58. The van der Waals surface area contributed by atoms with E-state index >= 15 is 0 Å². The Morgan fingerprint density at radius 1 is 0.750 bits per heavy atom. The molecule has 0 aliphatic heterocycles. The largest absolute Gasteiger partial charge is 0.192 e. The molecular weight excluding hydrogens is 292 g/mol. The van der Waals surface area contributed by atoms with Crippen LogP contribution in [0.1, 0.15) is 64.3 Å². The molecule has 2 aromatic carbocycles. The molecule has 0 aromatic heterocycles. The lowest BCUT2D eigenvalue weighted by molar-refractivity contribution is 1.09. The molecule has 0 saturated carbocycles. The molecule has 0 N–H and O–H groups in total. The fourth-order valence-electron chi connectivity index (χ4n) is 1.71. The number of rotatable bonds is 1. The fraction of sp³-hybridized carbons (Fsp3) is 0.364. The molecule has 0 unspecified atom stereocenters. The summed E-state index contributed by atoms with van der Waals surface area (Å²) in [5.74, 6) is 0. The topological polar surface area (TPSA) is 47.6 Å². The summed E-state index contributed by atoms with van der Waals surface area (Å²) in [6.45, 7) is 8.27. The van der Waals surface area contributed by atoms with E-state index in [9.17, 15) is 0 Å². The van der Waals surface area contributed by atoms with Crippen molar-refractivity contribution in [3.63, 3.8) is 0 Å². The first-order chi connectivity index (χ1) is 10.6. The Bertz CT molecular complexity index is 584. The first-order valence-corrected chi connectivity index (χ1v) is 7.58. The highest BCUT2D eigenvalue weighted by Crippen LogP contribution is 2.13. The molecule has 0 bridgehead atoms. The standard InChI is InChI=1S/C10H8N2.C7H8.C3H8.2CH4/c1-2-10-8(6-11)4-3-5-9(10)7-12;1-7-5-3-2-4-6-7;1-3-2;;/h3-5H,2H2,1H3;2-6H,1H3;3H2,1-2H3;2*1H4. The van der Waals surface area contributed by atoms with Crippen LogP contribution < -0.4 is 0 Å². The van der Waals surface area contributed by atoms with Crippen LogP contribution in [-0.4, -0.2) is 0 Å². The Morgan fingerprint density at radius 3 is 1.42 bits per heavy atom. The minimum atomic E-state index is 0. The van der Waals surface area contributed by atoms with E-state index in [1.165, 1.54) is 12.0 Å². The Hall–Kier alpha value is -2.58. The molecule has 130 valence electrons. The monoisotopic (exact) mass is 324 g/mol. The average Bonchev–Trinajstić information content (AvgIpc) is 2.56. The van der Waals surface area contributed by atoms with E-state index in [1.807, 2.05) is 25.1 Å². The van der Waals surface area contributed by atoms with E-state index in [2.05, 4.69) is 45.0 Å². The minimum absolute atomic E-state index is 0. The van der Waals surface area contributed by atoms with E-state index in [-0.39, 0.29) is 14.9 Å². The van der Waals surface area contributed by atoms with Gasteiger partial charge in [0.1, 0.15) is 0 Å². The smallest absolute Gasteiger partial charge is 0.0994 e. The first kappa shape index (κ1) is 26.3. The lowest BCUT2D eigenvalue weighted by Gasteiger charge is -2.00. The van der Waals surface area contributed by atoms with Crippen LogP contribution in [0.4, 0.5) is 0 Å². The van der Waals surface area contributed by atoms with Gasteiger partial charge in [0.2, 0.25) is 0 Å². The van der Waals surface area contributed by atoms with Crippen molar-refractivity contribution in [2.45, 2.75) is 55.4 Å². The van der Waals surface area contributed by atoms with Gasteiger partial charge in [-0.2, -0.15) is 10.5 Å². The maximum Gasteiger partial charge on any atom is 0.0994 e. The van der Waals surface area contributed by atoms with Crippen LogP contribution >= 0.6 is 0 Å². The van der Waals surface area contributed by atoms with Crippen LogP contribution in [0.25, 0.3) is 0 Å². The molecule has 2 heteroatoms. The van der Waals surface area contributed by atoms with E-state index < -0.39 is 0 Å². The molecule has 0 fully saturated rings. The summed E-state index contributed by atoms with van der Waals surface area (Å²) >= 11 is 0. The molecule has 0 spiro atoms. The van der Waals surface area contributed by atoms with E-state index in [1.54, 1.807) is 18.2 Å². The van der Waals surface area contributed by atoms with Gasteiger partial charge in [0, 0.05) is 0 Å². The van der Waals surface area contributed by atoms with Gasteiger partial charge in [-0.15, -0.1) is 0 Å². The molecule has 2 nitrogen and oxygen atoms in total. The molecule has 0 aliphatic rings. The van der Waals surface area contributed by atoms with Gasteiger partial charge in [-0.25, -0.2) is 0 Å². The van der Waals surface area contributed by atoms with Crippen molar-refractivity contribution in [3.05, 3.63) is 70.8 Å². The molecule has 0 radical (unpaired) electrons. The van der Waals surface area contributed by atoms with Crippen molar-refractivity contribution in [3.8, 4) is 12.1 Å². The lowest BCUT2D eigenvalue weighted by atomic mass is 10.0. The summed E-state index contributed by atoms with van der Waals surface area (Å²) in [7, 11) is 0. The molecule has 2 rings (SSSR count). The highest BCUT2D eigenvalue weighted by Gasteiger charge is 2.04. The third-order valence-electron chi connectivity index (χ3n) is 2.71. The second-order valence-electron chi connectivity index (χ2n) is 4.77. The highest BCUT2D eigenvalue weighted by atomic mass is 14.3. The quantitative estimate of drug-likeness (QED) is 0.587. The van der Waals surface area contributed by atoms with Crippen LogP contribution in [0.3, 0.4) is 0 Å². The SMILES string of the molecule is C.C.CCC.CCc1c(C#N)cccc1C#N.Cc1ccccc1. The Labute approximate surface area is 149 Å². The van der Waals surface area contributed by atoms with Crippen LogP contribution in [0.15, 0.2) is 48.5 Å². The number of hydrogen-bond donors (Lipinski definition) is 0. The zero-order chi connectivity index (χ0) is 16.8. The Kier molecular flexibility index (Phi) is 18.4. The molecule has 0 atom stereocenters. The zero-order valence-corrected chi connectivity index (χ0v) is 13.9. The third-order valence-corrected chi connectivity index (χ3v) is 2.71. The molecule has 0 heterocycles. The van der Waals surface area contributed by atoms with Gasteiger partial charge in [-0.1, -0.05) is 84.0 Å². The second-order valence-corrected chi connectivity index (χ2v) is 4.77. The van der Waals surface area contributed by atoms with Crippen molar-refractivity contribution in [1.82, 2.24) is 0 Å². The summed E-state index contributed by atoms with van der Waals surface area (Å²) in [5, 5.41) is 17.4. The van der Waals surface area contributed by atoms with Crippen LogP contribution in [-0.2, 0) is 6.42 Å². The normalized spacial score (nSPS) is 7.58. The molecule has 0 aliphatic carbocycles. The van der Waals surface area contributed by atoms with Crippen LogP contribution in [0, 0.1) is 29.6 Å². The van der Waals surface area contributed by atoms with Crippen molar-refractivity contribution in [1.29, 1.82) is 10.5 Å². The predicted octanol–water partition coefficient (Wildman–Crippen LogP) is 6.68. The highest BCUT2D eigenvalue weighted by molar-refractivity contribution is 5.48. The van der Waals surface area contributed by atoms with Crippen molar-refractivity contribution >= 4 is 0 Å². The summed E-state index contributed by atoms with van der Waals surface area (Å²) in [6.07, 6.45) is 1.98. The minimum Gasteiger partial charge on any atom is -0.192 e. The van der Waals surface area contributed by atoms with Gasteiger partial charge in [0.25, 0.3) is 0 Å². The van der Waals surface area contributed by atoms with E-state index in [0.29, 0.717) is 11.1 Å². The maximum atomic E-state index is 8.71.